The fourth-order valence-corrected chi connectivity index (χ4v) is 2.61. The molecule has 1 atom stereocenters. The molecule has 0 fully saturated rings. The predicted molar refractivity (Wildman–Crippen MR) is 73.9 cm³/mol. The van der Waals surface area contributed by atoms with Crippen LogP contribution in [0.15, 0.2) is 24.5 Å². The van der Waals surface area contributed by atoms with E-state index >= 15 is 0 Å². The zero-order chi connectivity index (χ0) is 12.7. The minimum atomic E-state index is -0.319. The van der Waals surface area contributed by atoms with Crippen LogP contribution in [0.3, 0.4) is 0 Å². The number of rotatable bonds is 7. The highest BCUT2D eigenvalue weighted by Crippen LogP contribution is 2.36. The largest absolute Gasteiger partial charge is 0.292 e. The standard InChI is InChI=1S/C14H21ClN2/c1-3-5-9-14(8-4-2,13(15)16)12-7-6-10-17-11-12/h6-7,10-11,16H,3-5,8-9H2,1-2H3. The molecule has 1 aromatic rings. The summed E-state index contributed by atoms with van der Waals surface area (Å²) < 4.78 is 0. The van der Waals surface area contributed by atoms with Gasteiger partial charge in [-0.15, -0.1) is 0 Å². The molecular weight excluding hydrogens is 232 g/mol. The van der Waals surface area contributed by atoms with Crippen molar-refractivity contribution in [2.24, 2.45) is 0 Å². The number of nitrogens with zero attached hydrogens (tertiary/aromatic N) is 1. The lowest BCUT2D eigenvalue weighted by Crippen LogP contribution is -2.32. The number of hydrogen-bond acceptors (Lipinski definition) is 2. The molecule has 0 aliphatic heterocycles. The van der Waals surface area contributed by atoms with E-state index in [1.165, 1.54) is 0 Å². The Labute approximate surface area is 109 Å². The lowest BCUT2D eigenvalue weighted by molar-refractivity contribution is 0.461. The summed E-state index contributed by atoms with van der Waals surface area (Å²) in [6, 6.07) is 3.96. The molecule has 1 unspecified atom stereocenters. The zero-order valence-electron chi connectivity index (χ0n) is 10.7. The molecule has 0 aromatic carbocycles. The molecule has 3 heteroatoms. The molecule has 0 radical (unpaired) electrons. The summed E-state index contributed by atoms with van der Waals surface area (Å²) in [4.78, 5) is 4.17. The number of hydrogen-bond donors (Lipinski definition) is 1. The van der Waals surface area contributed by atoms with E-state index in [-0.39, 0.29) is 10.6 Å². The molecule has 0 saturated carbocycles. The molecule has 1 heterocycles. The highest BCUT2D eigenvalue weighted by molar-refractivity contribution is 6.66. The monoisotopic (exact) mass is 252 g/mol. The number of halogens is 1. The maximum atomic E-state index is 7.96. The van der Waals surface area contributed by atoms with E-state index in [1.807, 2.05) is 18.3 Å². The first-order valence-corrected chi connectivity index (χ1v) is 6.70. The molecule has 0 amide bonds. The van der Waals surface area contributed by atoms with Crippen LogP contribution in [0.1, 0.15) is 51.5 Å². The Hall–Kier alpha value is -0.890. The molecule has 0 spiro atoms. The molecule has 2 nitrogen and oxygen atoms in total. The molecule has 1 rings (SSSR count). The Kier molecular flexibility index (Phi) is 5.63. The molecule has 0 saturated heterocycles. The minimum absolute atomic E-state index is 0.251. The maximum Gasteiger partial charge on any atom is 0.108 e. The van der Waals surface area contributed by atoms with Gasteiger partial charge in [0.05, 0.1) is 0 Å². The third-order valence-corrected chi connectivity index (χ3v) is 3.63. The van der Waals surface area contributed by atoms with E-state index in [0.717, 1.165) is 37.7 Å². The summed E-state index contributed by atoms with van der Waals surface area (Å²) in [6.45, 7) is 4.30. The van der Waals surface area contributed by atoms with Gasteiger partial charge in [-0.25, -0.2) is 0 Å². The molecule has 94 valence electrons. The molecule has 0 aliphatic carbocycles. The van der Waals surface area contributed by atoms with Gasteiger partial charge in [0.25, 0.3) is 0 Å². The van der Waals surface area contributed by atoms with Crippen molar-refractivity contribution in [3.63, 3.8) is 0 Å². The van der Waals surface area contributed by atoms with Crippen LogP contribution in [-0.2, 0) is 5.41 Å². The van der Waals surface area contributed by atoms with E-state index in [4.69, 9.17) is 17.0 Å². The molecule has 1 aromatic heterocycles. The van der Waals surface area contributed by atoms with Gasteiger partial charge < -0.3 is 0 Å². The first-order valence-electron chi connectivity index (χ1n) is 6.32. The third kappa shape index (κ3) is 3.29. The highest BCUT2D eigenvalue weighted by atomic mass is 35.5. The van der Waals surface area contributed by atoms with Crippen molar-refractivity contribution in [3.8, 4) is 0 Å². The van der Waals surface area contributed by atoms with Crippen LogP contribution in [0.2, 0.25) is 0 Å². The first kappa shape index (κ1) is 14.2. The van der Waals surface area contributed by atoms with Crippen molar-refractivity contribution in [2.45, 2.75) is 51.4 Å². The van der Waals surface area contributed by atoms with Crippen molar-refractivity contribution >= 4 is 16.8 Å². The second kappa shape index (κ2) is 6.75. The second-order valence-electron chi connectivity index (χ2n) is 4.49. The van der Waals surface area contributed by atoms with E-state index in [2.05, 4.69) is 18.8 Å². The van der Waals surface area contributed by atoms with Crippen LogP contribution in [0.25, 0.3) is 0 Å². The lowest BCUT2D eigenvalue weighted by atomic mass is 9.74. The van der Waals surface area contributed by atoms with Gasteiger partial charge in [0.1, 0.15) is 5.17 Å². The van der Waals surface area contributed by atoms with Crippen molar-refractivity contribution < 1.29 is 0 Å². The molecule has 17 heavy (non-hydrogen) atoms. The van der Waals surface area contributed by atoms with Crippen molar-refractivity contribution in [1.82, 2.24) is 4.98 Å². The van der Waals surface area contributed by atoms with Gasteiger partial charge in [-0.3, -0.25) is 10.4 Å². The van der Waals surface area contributed by atoms with Gasteiger partial charge >= 0.3 is 0 Å². The van der Waals surface area contributed by atoms with Crippen LogP contribution >= 0.6 is 11.6 Å². The summed E-state index contributed by atoms with van der Waals surface area (Å²) in [7, 11) is 0. The van der Waals surface area contributed by atoms with Gasteiger partial charge in [-0.2, -0.15) is 0 Å². The summed E-state index contributed by atoms with van der Waals surface area (Å²) in [5.41, 5.74) is 0.760. The Morgan fingerprint density at radius 2 is 2.12 bits per heavy atom. The van der Waals surface area contributed by atoms with Crippen LogP contribution < -0.4 is 0 Å². The molecule has 1 N–H and O–H groups in total. The number of nitrogens with one attached hydrogen (secondary N) is 1. The minimum Gasteiger partial charge on any atom is -0.292 e. The van der Waals surface area contributed by atoms with Crippen LogP contribution in [0.5, 0.6) is 0 Å². The third-order valence-electron chi connectivity index (χ3n) is 3.27. The SMILES string of the molecule is CCCCC(CCC)(C(=N)Cl)c1cccnc1. The van der Waals surface area contributed by atoms with Crippen molar-refractivity contribution in [2.75, 3.05) is 0 Å². The molecule has 0 bridgehead atoms. The summed E-state index contributed by atoms with van der Waals surface area (Å²) in [5, 5.41) is 8.21. The van der Waals surface area contributed by atoms with Gasteiger partial charge in [0, 0.05) is 17.8 Å². The first-order chi connectivity index (χ1) is 8.17. The highest BCUT2D eigenvalue weighted by Gasteiger charge is 2.34. The number of aromatic nitrogens is 1. The Morgan fingerprint density at radius 3 is 2.59 bits per heavy atom. The summed E-state index contributed by atoms with van der Waals surface area (Å²) in [6.07, 6.45) is 8.69. The Balaban J connectivity index is 3.10. The average Bonchev–Trinajstić information content (AvgIpc) is 2.35. The fourth-order valence-electron chi connectivity index (χ4n) is 2.31. The van der Waals surface area contributed by atoms with E-state index < -0.39 is 0 Å². The number of pyridine rings is 1. The lowest BCUT2D eigenvalue weighted by Gasteiger charge is -2.32. The Bertz CT molecular complexity index is 350. The van der Waals surface area contributed by atoms with Gasteiger partial charge in [0.15, 0.2) is 0 Å². The van der Waals surface area contributed by atoms with Crippen LogP contribution in [-0.4, -0.2) is 10.2 Å². The average molecular weight is 253 g/mol. The van der Waals surface area contributed by atoms with E-state index in [0.29, 0.717) is 0 Å². The summed E-state index contributed by atoms with van der Waals surface area (Å²) in [5.74, 6) is 0. The molecular formula is C14H21ClN2. The molecule has 0 aliphatic rings. The Morgan fingerprint density at radius 1 is 1.35 bits per heavy atom. The van der Waals surface area contributed by atoms with E-state index in [1.54, 1.807) is 6.20 Å². The van der Waals surface area contributed by atoms with Gasteiger partial charge in [-0.05, 0) is 24.5 Å². The summed E-state index contributed by atoms with van der Waals surface area (Å²) >= 11 is 6.11. The maximum absolute atomic E-state index is 7.96. The topological polar surface area (TPSA) is 36.7 Å². The fraction of sp³-hybridized carbons (Fsp3) is 0.571. The van der Waals surface area contributed by atoms with E-state index in [9.17, 15) is 0 Å². The van der Waals surface area contributed by atoms with Crippen molar-refractivity contribution in [1.29, 1.82) is 5.41 Å². The van der Waals surface area contributed by atoms with Crippen LogP contribution in [0, 0.1) is 5.41 Å². The van der Waals surface area contributed by atoms with Crippen LogP contribution in [0.4, 0.5) is 0 Å². The predicted octanol–water partition coefficient (Wildman–Crippen LogP) is 4.53. The second-order valence-corrected chi connectivity index (χ2v) is 4.87. The van der Waals surface area contributed by atoms with Crippen molar-refractivity contribution in [3.05, 3.63) is 30.1 Å². The normalized spacial score (nSPS) is 14.3. The van der Waals surface area contributed by atoms with Gasteiger partial charge in [0.2, 0.25) is 0 Å². The quantitative estimate of drug-likeness (QED) is 0.712. The zero-order valence-corrected chi connectivity index (χ0v) is 11.4. The van der Waals surface area contributed by atoms with Gasteiger partial charge in [-0.1, -0.05) is 50.8 Å². The number of unbranched alkanes of at least 4 members (excludes halogenated alkanes) is 1. The smallest absolute Gasteiger partial charge is 0.108 e.